The van der Waals surface area contributed by atoms with Crippen molar-refractivity contribution in [1.82, 2.24) is 20.2 Å². The Kier molecular flexibility index (Phi) is 6.31. The fraction of sp³-hybridized carbons (Fsp3) is 0.529. The molecule has 0 bridgehead atoms. The van der Waals surface area contributed by atoms with Crippen LogP contribution < -0.4 is 10.0 Å². The van der Waals surface area contributed by atoms with E-state index in [2.05, 4.69) is 20.2 Å². The minimum atomic E-state index is -3.57. The van der Waals surface area contributed by atoms with E-state index in [4.69, 9.17) is 4.52 Å². The zero-order chi connectivity index (χ0) is 18.6. The average Bonchev–Trinajstić information content (AvgIpc) is 2.92. The van der Waals surface area contributed by atoms with Gasteiger partial charge in [0, 0.05) is 25.4 Å². The lowest BCUT2D eigenvalue weighted by Crippen LogP contribution is -2.27. The molecular formula is C17H26N4O3S. The lowest BCUT2D eigenvalue weighted by molar-refractivity contribution is 0.371. The van der Waals surface area contributed by atoms with E-state index >= 15 is 0 Å². The molecule has 1 aromatic heterocycles. The SMILES string of the molecule is CNC(C)Cc1noc(CCNS(=O)(=O)c2c(C)cc(C)cc2C)n1. The summed E-state index contributed by atoms with van der Waals surface area (Å²) in [5, 5.41) is 7.02. The normalized spacial score (nSPS) is 13.2. The topological polar surface area (TPSA) is 97.1 Å². The number of hydrogen-bond acceptors (Lipinski definition) is 6. The monoisotopic (exact) mass is 366 g/mol. The number of rotatable bonds is 8. The highest BCUT2D eigenvalue weighted by atomic mass is 32.2. The van der Waals surface area contributed by atoms with Gasteiger partial charge < -0.3 is 9.84 Å². The van der Waals surface area contributed by atoms with Crippen molar-refractivity contribution in [2.75, 3.05) is 13.6 Å². The van der Waals surface area contributed by atoms with Crippen LogP contribution in [0.3, 0.4) is 0 Å². The molecule has 8 heteroatoms. The van der Waals surface area contributed by atoms with E-state index < -0.39 is 10.0 Å². The van der Waals surface area contributed by atoms with Crippen LogP contribution in [0.1, 0.15) is 35.3 Å². The highest BCUT2D eigenvalue weighted by Gasteiger charge is 2.20. The van der Waals surface area contributed by atoms with Gasteiger partial charge in [0.1, 0.15) is 0 Å². The summed E-state index contributed by atoms with van der Waals surface area (Å²) in [4.78, 5) is 4.62. The van der Waals surface area contributed by atoms with Crippen LogP contribution in [0.2, 0.25) is 0 Å². The first kappa shape index (κ1) is 19.6. The second-order valence-electron chi connectivity index (χ2n) is 6.37. The van der Waals surface area contributed by atoms with Gasteiger partial charge in [0.15, 0.2) is 5.82 Å². The fourth-order valence-corrected chi connectivity index (χ4v) is 4.29. The van der Waals surface area contributed by atoms with Gasteiger partial charge in [0.2, 0.25) is 15.9 Å². The molecule has 138 valence electrons. The highest BCUT2D eigenvalue weighted by Crippen LogP contribution is 2.21. The molecule has 0 spiro atoms. The van der Waals surface area contributed by atoms with E-state index in [-0.39, 0.29) is 12.6 Å². The largest absolute Gasteiger partial charge is 0.339 e. The Balaban J connectivity index is 1.99. The summed E-state index contributed by atoms with van der Waals surface area (Å²) in [5.41, 5.74) is 2.53. The van der Waals surface area contributed by atoms with Gasteiger partial charge in [0.05, 0.1) is 4.90 Å². The first-order chi connectivity index (χ1) is 11.7. The molecule has 1 atom stereocenters. The number of sulfonamides is 1. The quantitative estimate of drug-likeness (QED) is 0.737. The summed E-state index contributed by atoms with van der Waals surface area (Å²) < 4.78 is 32.9. The third-order valence-corrected chi connectivity index (χ3v) is 5.76. The van der Waals surface area contributed by atoms with Gasteiger partial charge in [-0.2, -0.15) is 4.98 Å². The van der Waals surface area contributed by atoms with E-state index in [1.54, 1.807) is 0 Å². The maximum atomic E-state index is 12.6. The predicted octanol–water partition coefficient (Wildman–Crippen LogP) is 1.67. The summed E-state index contributed by atoms with van der Waals surface area (Å²) in [6.07, 6.45) is 1.01. The van der Waals surface area contributed by atoms with Gasteiger partial charge in [-0.05, 0) is 45.9 Å². The molecule has 25 heavy (non-hydrogen) atoms. The number of hydrogen-bond donors (Lipinski definition) is 2. The van der Waals surface area contributed by atoms with Crippen LogP contribution in [0.4, 0.5) is 0 Å². The molecule has 0 fully saturated rings. The standard InChI is InChI=1S/C17H26N4O3S/c1-11-8-12(2)17(13(3)9-11)25(22,23)19-7-6-16-20-15(21-24-16)10-14(4)18-5/h8-9,14,18-19H,6-7,10H2,1-5H3. The molecule has 0 radical (unpaired) electrons. The van der Waals surface area contributed by atoms with Crippen molar-refractivity contribution in [2.24, 2.45) is 0 Å². The van der Waals surface area contributed by atoms with Crippen LogP contribution in [0, 0.1) is 20.8 Å². The average molecular weight is 366 g/mol. The predicted molar refractivity (Wildman–Crippen MR) is 96.1 cm³/mol. The van der Waals surface area contributed by atoms with Gasteiger partial charge in [-0.3, -0.25) is 0 Å². The molecule has 2 aromatic rings. The molecule has 2 N–H and O–H groups in total. The number of benzene rings is 1. The second kappa shape index (κ2) is 8.07. The van der Waals surface area contributed by atoms with Crippen LogP contribution in [0.25, 0.3) is 0 Å². The molecule has 1 unspecified atom stereocenters. The first-order valence-electron chi connectivity index (χ1n) is 8.29. The molecule has 1 heterocycles. The molecule has 0 saturated heterocycles. The zero-order valence-electron chi connectivity index (χ0n) is 15.4. The minimum absolute atomic E-state index is 0.207. The van der Waals surface area contributed by atoms with E-state index in [1.165, 1.54) is 0 Å². The third-order valence-electron chi connectivity index (χ3n) is 4.00. The number of likely N-dealkylation sites (N-methyl/N-ethyl adjacent to an activating group) is 1. The third kappa shape index (κ3) is 5.10. The number of aromatic nitrogens is 2. The van der Waals surface area contributed by atoms with Crippen molar-refractivity contribution in [3.8, 4) is 0 Å². The van der Waals surface area contributed by atoms with Gasteiger partial charge in [-0.25, -0.2) is 13.1 Å². The van der Waals surface area contributed by atoms with Crippen LogP contribution in [0.5, 0.6) is 0 Å². The fourth-order valence-electron chi connectivity index (χ4n) is 2.81. The first-order valence-corrected chi connectivity index (χ1v) is 9.77. The molecule has 0 saturated carbocycles. The van der Waals surface area contributed by atoms with E-state index in [9.17, 15) is 8.42 Å². The minimum Gasteiger partial charge on any atom is -0.339 e. The molecule has 0 aliphatic carbocycles. The molecule has 7 nitrogen and oxygen atoms in total. The number of aryl methyl sites for hydroxylation is 3. The van der Waals surface area contributed by atoms with Crippen molar-refractivity contribution in [2.45, 2.75) is 51.5 Å². The lowest BCUT2D eigenvalue weighted by Gasteiger charge is -2.12. The summed E-state index contributed by atoms with van der Waals surface area (Å²) in [6, 6.07) is 3.99. The van der Waals surface area contributed by atoms with Gasteiger partial charge in [-0.15, -0.1) is 0 Å². The van der Waals surface area contributed by atoms with Gasteiger partial charge in [-0.1, -0.05) is 22.9 Å². The Bertz CT molecular complexity index is 807. The highest BCUT2D eigenvalue weighted by molar-refractivity contribution is 7.89. The van der Waals surface area contributed by atoms with Crippen LogP contribution in [-0.4, -0.2) is 38.2 Å². The van der Waals surface area contributed by atoms with Crippen LogP contribution in [-0.2, 0) is 22.9 Å². The molecule has 0 aliphatic heterocycles. The van der Waals surface area contributed by atoms with Gasteiger partial charge >= 0.3 is 0 Å². The maximum Gasteiger partial charge on any atom is 0.241 e. The summed E-state index contributed by atoms with van der Waals surface area (Å²) in [7, 11) is -1.70. The van der Waals surface area contributed by atoms with Crippen molar-refractivity contribution in [3.63, 3.8) is 0 Å². The Morgan fingerprint density at radius 1 is 1.20 bits per heavy atom. The molecule has 1 aromatic carbocycles. The van der Waals surface area contributed by atoms with E-state index in [0.29, 0.717) is 29.5 Å². The Hall–Kier alpha value is -1.77. The number of nitrogens with zero attached hydrogens (tertiary/aromatic N) is 2. The molecule has 2 rings (SSSR count). The smallest absolute Gasteiger partial charge is 0.241 e. The Morgan fingerprint density at radius 3 is 2.44 bits per heavy atom. The summed E-state index contributed by atoms with van der Waals surface area (Å²) in [6.45, 7) is 7.80. The summed E-state index contributed by atoms with van der Waals surface area (Å²) in [5.74, 6) is 1.04. The van der Waals surface area contributed by atoms with Gasteiger partial charge in [0.25, 0.3) is 0 Å². The van der Waals surface area contributed by atoms with Crippen LogP contribution in [0.15, 0.2) is 21.6 Å². The Labute approximate surface area is 149 Å². The van der Waals surface area contributed by atoms with E-state index in [1.807, 2.05) is 46.9 Å². The van der Waals surface area contributed by atoms with Crippen molar-refractivity contribution in [1.29, 1.82) is 0 Å². The van der Waals surface area contributed by atoms with E-state index in [0.717, 1.165) is 16.7 Å². The lowest BCUT2D eigenvalue weighted by atomic mass is 10.1. The van der Waals surface area contributed by atoms with Crippen molar-refractivity contribution >= 4 is 10.0 Å². The zero-order valence-corrected chi connectivity index (χ0v) is 16.2. The number of nitrogens with one attached hydrogen (secondary N) is 2. The molecular weight excluding hydrogens is 340 g/mol. The molecule has 0 amide bonds. The van der Waals surface area contributed by atoms with Crippen molar-refractivity contribution in [3.05, 3.63) is 40.5 Å². The summed E-state index contributed by atoms with van der Waals surface area (Å²) >= 11 is 0. The Morgan fingerprint density at radius 2 is 1.84 bits per heavy atom. The maximum absolute atomic E-state index is 12.6. The van der Waals surface area contributed by atoms with Crippen molar-refractivity contribution < 1.29 is 12.9 Å². The molecule has 0 aliphatic rings. The second-order valence-corrected chi connectivity index (χ2v) is 8.08. The van der Waals surface area contributed by atoms with Crippen LogP contribution >= 0.6 is 0 Å².